The molecule has 0 bridgehead atoms. The van der Waals surface area contributed by atoms with Gasteiger partial charge in [0.05, 0.1) is 38.5 Å². The summed E-state index contributed by atoms with van der Waals surface area (Å²) in [6, 6.07) is 0. The molecule has 0 aliphatic heterocycles. The predicted octanol–water partition coefficient (Wildman–Crippen LogP) is 5.98. The van der Waals surface area contributed by atoms with Gasteiger partial charge in [-0.15, -0.1) is 24.8 Å². The van der Waals surface area contributed by atoms with Crippen LogP contribution in [0.3, 0.4) is 0 Å². The summed E-state index contributed by atoms with van der Waals surface area (Å²) in [6.45, 7) is 10.4. The van der Waals surface area contributed by atoms with E-state index in [0.717, 1.165) is 22.7 Å². The van der Waals surface area contributed by atoms with Crippen molar-refractivity contribution in [1.82, 2.24) is 19.8 Å². The molecule has 2 amide bonds. The van der Waals surface area contributed by atoms with E-state index in [1.807, 2.05) is 37.5 Å². The third-order valence-electron chi connectivity index (χ3n) is 5.43. The number of thiazole rings is 2. The van der Waals surface area contributed by atoms with E-state index in [1.165, 1.54) is 0 Å². The van der Waals surface area contributed by atoms with Gasteiger partial charge in [-0.3, -0.25) is 19.4 Å². The summed E-state index contributed by atoms with van der Waals surface area (Å²) in [6.07, 6.45) is -4.78. The number of fused-ring (bicyclic) bond motifs is 2. The van der Waals surface area contributed by atoms with Gasteiger partial charge in [0, 0.05) is 0 Å². The molecule has 0 fully saturated rings. The van der Waals surface area contributed by atoms with Crippen LogP contribution in [0.5, 0.6) is 0 Å². The first-order valence-electron chi connectivity index (χ1n) is 11.1. The molecule has 2 aromatic heterocycles. The number of aromatic nitrogens is 2. The number of likely N-dealkylation sites (N-methyl/N-ethyl adjacent to an activating group) is 2. The lowest BCUT2D eigenvalue weighted by Gasteiger charge is -2.16. The average Bonchev–Trinajstić information content (AvgIpc) is 3.39. The lowest BCUT2D eigenvalue weighted by molar-refractivity contribution is -0.135. The molecule has 0 aliphatic rings. The highest BCUT2D eigenvalue weighted by Crippen LogP contribution is 2.48. The van der Waals surface area contributed by atoms with Crippen molar-refractivity contribution in [2.45, 2.75) is 33.9 Å². The molecule has 0 spiro atoms. The van der Waals surface area contributed by atoms with Gasteiger partial charge in [0.1, 0.15) is 5.56 Å². The number of hydrogen-bond acceptors (Lipinski definition) is 8. The number of carbonyl (C=O) groups excluding carboxylic acids is 2. The van der Waals surface area contributed by atoms with Gasteiger partial charge in [0.2, 0.25) is 11.8 Å². The molecule has 0 unspecified atom stereocenters. The first-order valence-corrected chi connectivity index (χ1v) is 13.1. The predicted molar refractivity (Wildman–Crippen MR) is 150 cm³/mol. The summed E-state index contributed by atoms with van der Waals surface area (Å²) < 4.78 is 42.6. The third kappa shape index (κ3) is 7.78. The standard InChI is InChI=1S/C21H26ClF3N6O2S2.2ClH/c1-5-30(6-2)9-11(32)26-19-28-15-13(21(23,24)25)16-18(14(22)17(15)34-19)35-20(29-16)27-12(33)10-31(7-3)8-4;;/h5-10H2,1-4H3,(H,26,28,32)(H,27,29,33);2*1H. The molecule has 16 heteroatoms. The van der Waals surface area contributed by atoms with Crippen LogP contribution >= 0.6 is 59.1 Å². The van der Waals surface area contributed by atoms with Gasteiger partial charge in [0.15, 0.2) is 10.3 Å². The van der Waals surface area contributed by atoms with Crippen molar-refractivity contribution in [2.24, 2.45) is 0 Å². The van der Waals surface area contributed by atoms with E-state index < -0.39 is 11.7 Å². The number of halogens is 6. The van der Waals surface area contributed by atoms with Gasteiger partial charge < -0.3 is 10.6 Å². The summed E-state index contributed by atoms with van der Waals surface area (Å²) in [5, 5.41) is 5.24. The van der Waals surface area contributed by atoms with Crippen LogP contribution in [-0.4, -0.2) is 70.9 Å². The zero-order valence-electron chi connectivity index (χ0n) is 20.5. The van der Waals surface area contributed by atoms with Crippen molar-refractivity contribution in [3.05, 3.63) is 10.6 Å². The molecule has 2 heterocycles. The lowest BCUT2D eigenvalue weighted by Crippen LogP contribution is -2.32. The second kappa shape index (κ2) is 14.1. The summed E-state index contributed by atoms with van der Waals surface area (Å²) in [4.78, 5) is 36.5. The quantitative estimate of drug-likeness (QED) is 0.289. The van der Waals surface area contributed by atoms with Crippen molar-refractivity contribution in [3.63, 3.8) is 0 Å². The minimum Gasteiger partial charge on any atom is -0.301 e. The van der Waals surface area contributed by atoms with Crippen LogP contribution in [-0.2, 0) is 15.8 Å². The largest absolute Gasteiger partial charge is 0.420 e. The number of amides is 2. The van der Waals surface area contributed by atoms with Gasteiger partial charge in [-0.2, -0.15) is 13.2 Å². The summed E-state index contributed by atoms with van der Waals surface area (Å²) in [5.74, 6) is -0.758. The normalized spacial score (nSPS) is 11.6. The maximum atomic E-state index is 14.1. The topological polar surface area (TPSA) is 90.5 Å². The summed E-state index contributed by atoms with van der Waals surface area (Å²) >= 11 is 8.22. The third-order valence-corrected chi connectivity index (χ3v) is 8.00. The molecular formula is C21H28Cl3F3N6O2S2. The maximum absolute atomic E-state index is 14.1. The van der Waals surface area contributed by atoms with E-state index >= 15 is 0 Å². The molecule has 0 radical (unpaired) electrons. The number of benzene rings is 1. The van der Waals surface area contributed by atoms with Crippen LogP contribution in [0.4, 0.5) is 23.4 Å². The summed E-state index contributed by atoms with van der Waals surface area (Å²) in [7, 11) is 0. The van der Waals surface area contributed by atoms with Crippen molar-refractivity contribution >= 4 is 102 Å². The Kier molecular flexibility index (Phi) is 12.7. The average molecular weight is 624 g/mol. The zero-order valence-corrected chi connectivity index (χ0v) is 24.5. The Morgan fingerprint density at radius 3 is 1.46 bits per heavy atom. The number of anilines is 2. The number of nitrogens with zero attached hydrogens (tertiary/aromatic N) is 4. The second-order valence-corrected chi connectivity index (χ2v) is 9.98. The molecule has 208 valence electrons. The van der Waals surface area contributed by atoms with Crippen molar-refractivity contribution in [3.8, 4) is 0 Å². The first kappa shape index (κ1) is 33.5. The van der Waals surface area contributed by atoms with Gasteiger partial charge in [-0.05, 0) is 26.2 Å². The molecular weight excluding hydrogens is 596 g/mol. The van der Waals surface area contributed by atoms with E-state index in [0.29, 0.717) is 26.2 Å². The van der Waals surface area contributed by atoms with E-state index in [9.17, 15) is 22.8 Å². The molecule has 0 saturated heterocycles. The number of rotatable bonds is 10. The zero-order chi connectivity index (χ0) is 25.9. The van der Waals surface area contributed by atoms with E-state index in [1.54, 1.807) is 0 Å². The molecule has 0 saturated carbocycles. The Morgan fingerprint density at radius 2 is 1.16 bits per heavy atom. The Hall–Kier alpha value is -1.48. The monoisotopic (exact) mass is 622 g/mol. The van der Waals surface area contributed by atoms with Crippen molar-refractivity contribution < 1.29 is 22.8 Å². The lowest BCUT2D eigenvalue weighted by atomic mass is 10.1. The van der Waals surface area contributed by atoms with Gasteiger partial charge in [-0.1, -0.05) is 62.0 Å². The van der Waals surface area contributed by atoms with Crippen LogP contribution in [0, 0.1) is 0 Å². The molecule has 1 aromatic carbocycles. The van der Waals surface area contributed by atoms with Gasteiger partial charge in [0.25, 0.3) is 0 Å². The van der Waals surface area contributed by atoms with Crippen LogP contribution in [0.1, 0.15) is 33.3 Å². The van der Waals surface area contributed by atoms with Crippen molar-refractivity contribution in [2.75, 3.05) is 49.9 Å². The SMILES string of the molecule is CCN(CC)CC(=O)Nc1nc2c(C(F)(F)F)c3nc(NC(=O)CN(CC)CC)sc3c(Cl)c2s1.Cl.Cl. The molecule has 8 nitrogen and oxygen atoms in total. The Morgan fingerprint density at radius 1 is 0.811 bits per heavy atom. The molecule has 3 aromatic rings. The minimum absolute atomic E-state index is 0. The fourth-order valence-electron chi connectivity index (χ4n) is 3.49. The molecule has 0 atom stereocenters. The van der Waals surface area contributed by atoms with Crippen LogP contribution < -0.4 is 10.6 Å². The Balaban J connectivity index is 0.00000342. The highest BCUT2D eigenvalue weighted by Gasteiger charge is 2.39. The minimum atomic E-state index is -4.78. The van der Waals surface area contributed by atoms with E-state index in [2.05, 4.69) is 20.6 Å². The summed E-state index contributed by atoms with van der Waals surface area (Å²) in [5.41, 5.74) is -1.82. The van der Waals surface area contributed by atoms with Crippen molar-refractivity contribution in [1.29, 1.82) is 0 Å². The fourth-order valence-corrected chi connectivity index (χ4v) is 5.82. The van der Waals surface area contributed by atoms with Crippen LogP contribution in [0.15, 0.2) is 0 Å². The Labute approximate surface area is 237 Å². The van der Waals surface area contributed by atoms with E-state index in [4.69, 9.17) is 11.6 Å². The molecule has 2 N–H and O–H groups in total. The maximum Gasteiger partial charge on any atom is 0.420 e. The smallest absolute Gasteiger partial charge is 0.301 e. The highest BCUT2D eigenvalue weighted by atomic mass is 35.5. The number of carbonyl (C=O) groups is 2. The van der Waals surface area contributed by atoms with Crippen LogP contribution in [0.25, 0.3) is 20.4 Å². The van der Waals surface area contributed by atoms with Gasteiger partial charge in [-0.25, -0.2) is 9.97 Å². The Bertz CT molecular complexity index is 1150. The number of nitrogens with one attached hydrogen (secondary N) is 2. The number of hydrogen-bond donors (Lipinski definition) is 2. The van der Waals surface area contributed by atoms with E-state index in [-0.39, 0.29) is 85.4 Å². The molecule has 3 rings (SSSR count). The molecule has 37 heavy (non-hydrogen) atoms. The van der Waals surface area contributed by atoms with Crippen LogP contribution in [0.2, 0.25) is 5.02 Å². The molecule has 0 aliphatic carbocycles. The van der Waals surface area contributed by atoms with Gasteiger partial charge >= 0.3 is 6.18 Å². The number of alkyl halides is 3. The second-order valence-electron chi connectivity index (χ2n) is 7.60. The fraction of sp³-hybridized carbons (Fsp3) is 0.524. The highest BCUT2D eigenvalue weighted by molar-refractivity contribution is 7.25. The first-order chi connectivity index (χ1) is 16.5.